The van der Waals surface area contributed by atoms with E-state index in [9.17, 15) is 9.59 Å². The Hall–Kier alpha value is -1.93. The van der Waals surface area contributed by atoms with E-state index < -0.39 is 0 Å². The largest absolute Gasteiger partial charge is 0.326 e. The van der Waals surface area contributed by atoms with Crippen molar-refractivity contribution >= 4 is 57.9 Å². The summed E-state index contributed by atoms with van der Waals surface area (Å²) in [7, 11) is 0. The summed E-state index contributed by atoms with van der Waals surface area (Å²) < 4.78 is 1.12. The molecule has 0 aliphatic carbocycles. The van der Waals surface area contributed by atoms with Crippen molar-refractivity contribution in [1.82, 2.24) is 5.43 Å². The highest BCUT2D eigenvalue weighted by Gasteiger charge is 2.09. The van der Waals surface area contributed by atoms with Gasteiger partial charge in [0, 0.05) is 27.1 Å². The Labute approximate surface area is 165 Å². The molecule has 0 heterocycles. The molecule has 2 aromatic carbocycles. The summed E-state index contributed by atoms with van der Waals surface area (Å²) in [5.41, 5.74) is 4.74. The smallest absolute Gasteiger partial charge is 0.240 e. The number of carbonyl (C=O) groups excluding carboxylic acids is 2. The minimum atomic E-state index is -0.320. The Morgan fingerprint density at radius 3 is 2.52 bits per heavy atom. The number of nitrogens with one attached hydrogen (secondary N) is 2. The number of nitrogens with zero attached hydrogens (tertiary/aromatic N) is 1. The van der Waals surface area contributed by atoms with Crippen molar-refractivity contribution in [2.24, 2.45) is 5.10 Å². The highest BCUT2D eigenvalue weighted by atomic mass is 127. The summed E-state index contributed by atoms with van der Waals surface area (Å²) in [5, 5.41) is 7.22. The molecule has 130 valence electrons. The summed E-state index contributed by atoms with van der Waals surface area (Å²) in [6.45, 7) is 1.82. The van der Waals surface area contributed by atoms with Crippen LogP contribution in [0.2, 0.25) is 5.02 Å². The summed E-state index contributed by atoms with van der Waals surface area (Å²) in [5.74, 6) is -0.568. The fourth-order valence-corrected chi connectivity index (χ4v) is 2.50. The van der Waals surface area contributed by atoms with Crippen LogP contribution in [0.4, 0.5) is 5.69 Å². The van der Waals surface area contributed by atoms with Gasteiger partial charge in [0.1, 0.15) is 0 Å². The fraction of sp³-hybridized carbons (Fsp3) is 0.167. The highest BCUT2D eigenvalue weighted by Crippen LogP contribution is 2.23. The molecule has 0 radical (unpaired) electrons. The average molecular weight is 470 g/mol. The second kappa shape index (κ2) is 9.53. The lowest BCUT2D eigenvalue weighted by Crippen LogP contribution is -2.20. The van der Waals surface area contributed by atoms with E-state index in [1.807, 2.05) is 31.2 Å². The second-order valence-electron chi connectivity index (χ2n) is 5.31. The minimum Gasteiger partial charge on any atom is -0.326 e. The first-order valence-corrected chi connectivity index (χ1v) is 9.04. The summed E-state index contributed by atoms with van der Waals surface area (Å²) in [6, 6.07) is 13.0. The predicted molar refractivity (Wildman–Crippen MR) is 109 cm³/mol. The van der Waals surface area contributed by atoms with Gasteiger partial charge in [0.2, 0.25) is 11.8 Å². The van der Waals surface area contributed by atoms with Gasteiger partial charge in [-0.15, -0.1) is 0 Å². The summed E-state index contributed by atoms with van der Waals surface area (Å²) >= 11 is 8.22. The number of halogens is 2. The number of hydrazone groups is 1. The first-order valence-electron chi connectivity index (χ1n) is 7.58. The normalized spacial score (nSPS) is 10.7. The van der Waals surface area contributed by atoms with Crippen molar-refractivity contribution in [2.45, 2.75) is 19.8 Å². The van der Waals surface area contributed by atoms with E-state index in [2.05, 4.69) is 38.4 Å². The van der Waals surface area contributed by atoms with Crippen molar-refractivity contribution < 1.29 is 9.59 Å². The van der Waals surface area contributed by atoms with Gasteiger partial charge in [0.15, 0.2) is 0 Å². The van der Waals surface area contributed by atoms with Gasteiger partial charge in [-0.3, -0.25) is 9.59 Å². The highest BCUT2D eigenvalue weighted by molar-refractivity contribution is 14.1. The standard InChI is InChI=1S/C18H17ClIN3O2/c1-12-15(19)3-2-4-16(12)22-17(24)9-10-18(25)23-21-11-13-5-7-14(20)8-6-13/h2-8,11H,9-10H2,1H3,(H,22,24)(H,23,25)/b21-11+. The summed E-state index contributed by atoms with van der Waals surface area (Å²) in [4.78, 5) is 23.7. The van der Waals surface area contributed by atoms with Crippen molar-refractivity contribution in [1.29, 1.82) is 0 Å². The van der Waals surface area contributed by atoms with Crippen LogP contribution in [0.3, 0.4) is 0 Å². The van der Waals surface area contributed by atoms with E-state index >= 15 is 0 Å². The quantitative estimate of drug-likeness (QED) is 0.379. The van der Waals surface area contributed by atoms with Crippen LogP contribution in [0.5, 0.6) is 0 Å². The average Bonchev–Trinajstić information content (AvgIpc) is 2.59. The zero-order valence-corrected chi connectivity index (χ0v) is 16.5. The van der Waals surface area contributed by atoms with Crippen molar-refractivity contribution in [3.63, 3.8) is 0 Å². The lowest BCUT2D eigenvalue weighted by atomic mass is 10.2. The fourth-order valence-electron chi connectivity index (χ4n) is 1.97. The van der Waals surface area contributed by atoms with E-state index in [4.69, 9.17) is 11.6 Å². The molecule has 2 rings (SSSR count). The van der Waals surface area contributed by atoms with Gasteiger partial charge in [-0.05, 0) is 64.9 Å². The number of benzene rings is 2. The molecule has 5 nitrogen and oxygen atoms in total. The van der Waals surface area contributed by atoms with Crippen LogP contribution in [0.1, 0.15) is 24.0 Å². The van der Waals surface area contributed by atoms with Gasteiger partial charge in [-0.1, -0.05) is 29.8 Å². The molecule has 0 aliphatic rings. The SMILES string of the molecule is Cc1c(Cl)cccc1NC(=O)CCC(=O)N/N=C/c1ccc(I)cc1. The van der Waals surface area contributed by atoms with Crippen LogP contribution in [-0.2, 0) is 9.59 Å². The Morgan fingerprint density at radius 1 is 1.12 bits per heavy atom. The van der Waals surface area contributed by atoms with Crippen LogP contribution in [0, 0.1) is 10.5 Å². The molecule has 0 unspecified atom stereocenters. The lowest BCUT2D eigenvalue weighted by molar-refractivity contribution is -0.124. The van der Waals surface area contributed by atoms with Crippen molar-refractivity contribution in [3.05, 3.63) is 62.2 Å². The number of rotatable bonds is 6. The molecule has 2 amide bonds. The molecule has 2 N–H and O–H groups in total. The van der Waals surface area contributed by atoms with Crippen LogP contribution in [-0.4, -0.2) is 18.0 Å². The van der Waals surface area contributed by atoms with E-state index in [1.54, 1.807) is 24.4 Å². The third-order valence-electron chi connectivity index (χ3n) is 3.39. The zero-order chi connectivity index (χ0) is 18.2. The molecule has 0 aliphatic heterocycles. The van der Waals surface area contributed by atoms with Gasteiger partial charge in [-0.25, -0.2) is 5.43 Å². The van der Waals surface area contributed by atoms with Crippen molar-refractivity contribution in [3.8, 4) is 0 Å². The minimum absolute atomic E-state index is 0.0511. The monoisotopic (exact) mass is 469 g/mol. The molecule has 0 atom stereocenters. The number of carbonyl (C=O) groups is 2. The molecule has 0 saturated heterocycles. The Morgan fingerprint density at radius 2 is 1.80 bits per heavy atom. The molecular weight excluding hydrogens is 453 g/mol. The van der Waals surface area contributed by atoms with Gasteiger partial charge in [-0.2, -0.15) is 5.10 Å². The maximum Gasteiger partial charge on any atom is 0.240 e. The first kappa shape index (κ1) is 19.4. The Balaban J connectivity index is 1.76. The third-order valence-corrected chi connectivity index (χ3v) is 4.52. The number of anilines is 1. The molecule has 25 heavy (non-hydrogen) atoms. The third kappa shape index (κ3) is 6.47. The maximum absolute atomic E-state index is 11.9. The van der Waals surface area contributed by atoms with Crippen LogP contribution < -0.4 is 10.7 Å². The zero-order valence-electron chi connectivity index (χ0n) is 13.6. The molecule has 0 bridgehead atoms. The second-order valence-corrected chi connectivity index (χ2v) is 6.96. The molecule has 0 saturated carbocycles. The first-order chi connectivity index (χ1) is 12.0. The van der Waals surface area contributed by atoms with Gasteiger partial charge in [0.05, 0.1) is 6.21 Å². The van der Waals surface area contributed by atoms with Crippen LogP contribution in [0.15, 0.2) is 47.6 Å². The number of hydrogen-bond donors (Lipinski definition) is 2. The van der Waals surface area contributed by atoms with Gasteiger partial charge in [0.25, 0.3) is 0 Å². The molecular formula is C18H17ClIN3O2. The molecule has 0 fully saturated rings. The lowest BCUT2D eigenvalue weighted by Gasteiger charge is -2.09. The molecule has 0 aromatic heterocycles. The van der Waals surface area contributed by atoms with E-state index in [0.717, 1.165) is 14.7 Å². The topological polar surface area (TPSA) is 70.6 Å². The van der Waals surface area contributed by atoms with Crippen LogP contribution in [0.25, 0.3) is 0 Å². The van der Waals surface area contributed by atoms with Gasteiger partial charge >= 0.3 is 0 Å². The predicted octanol–water partition coefficient (Wildman–Crippen LogP) is 4.12. The molecule has 2 aromatic rings. The van der Waals surface area contributed by atoms with Crippen LogP contribution >= 0.6 is 34.2 Å². The van der Waals surface area contributed by atoms with Gasteiger partial charge < -0.3 is 5.32 Å². The molecule has 0 spiro atoms. The van der Waals surface area contributed by atoms with E-state index in [0.29, 0.717) is 10.7 Å². The van der Waals surface area contributed by atoms with E-state index in [-0.39, 0.29) is 24.7 Å². The molecule has 7 heteroatoms. The summed E-state index contributed by atoms with van der Waals surface area (Å²) in [6.07, 6.45) is 1.68. The maximum atomic E-state index is 11.9. The van der Waals surface area contributed by atoms with Crippen molar-refractivity contribution in [2.75, 3.05) is 5.32 Å². The number of amides is 2. The number of hydrogen-bond acceptors (Lipinski definition) is 3. The van der Waals surface area contributed by atoms with E-state index in [1.165, 1.54) is 0 Å². The Kier molecular flexibility index (Phi) is 7.39. The Bertz CT molecular complexity index is 791.